The van der Waals surface area contributed by atoms with E-state index < -0.39 is 10.0 Å². The number of hydrogen-bond acceptors (Lipinski definition) is 2. The first-order valence-corrected chi connectivity index (χ1v) is 6.12. The topological polar surface area (TPSA) is 46.2 Å². The Labute approximate surface area is 89.1 Å². The molecule has 0 bridgehead atoms. The Morgan fingerprint density at radius 2 is 2.07 bits per heavy atom. The summed E-state index contributed by atoms with van der Waals surface area (Å²) in [5.41, 5.74) is 1.54. The molecule has 0 aliphatic carbocycles. The van der Waals surface area contributed by atoms with Crippen LogP contribution in [0.15, 0.2) is 23.1 Å². The zero-order valence-electron chi connectivity index (χ0n) is 8.04. The van der Waals surface area contributed by atoms with Gasteiger partial charge in [-0.3, -0.25) is 0 Å². The summed E-state index contributed by atoms with van der Waals surface area (Å²) in [6.45, 7) is 1.75. The molecular formula is C9H12ClNO2S. The molecule has 5 heteroatoms. The summed E-state index contributed by atoms with van der Waals surface area (Å²) in [5.74, 6) is 0.318. The Bertz CT molecular complexity index is 428. The van der Waals surface area contributed by atoms with Gasteiger partial charge in [-0.15, -0.1) is 11.6 Å². The normalized spacial score (nSPS) is 11.6. The number of alkyl halides is 1. The second-order valence-corrected chi connectivity index (χ2v) is 5.00. The van der Waals surface area contributed by atoms with Crippen LogP contribution in [0.5, 0.6) is 0 Å². The van der Waals surface area contributed by atoms with Crippen molar-refractivity contribution in [3.8, 4) is 0 Å². The van der Waals surface area contributed by atoms with E-state index in [0.717, 1.165) is 5.56 Å². The van der Waals surface area contributed by atoms with Gasteiger partial charge in [-0.25, -0.2) is 13.1 Å². The van der Waals surface area contributed by atoms with Gasteiger partial charge in [-0.05, 0) is 31.2 Å². The van der Waals surface area contributed by atoms with E-state index in [1.54, 1.807) is 19.1 Å². The first kappa shape index (κ1) is 11.5. The zero-order chi connectivity index (χ0) is 10.8. The van der Waals surface area contributed by atoms with Crippen molar-refractivity contribution in [2.45, 2.75) is 17.7 Å². The van der Waals surface area contributed by atoms with Crippen LogP contribution in [0.3, 0.4) is 0 Å². The molecule has 0 heterocycles. The van der Waals surface area contributed by atoms with Crippen LogP contribution in [0.2, 0.25) is 0 Å². The largest absolute Gasteiger partial charge is 0.240 e. The van der Waals surface area contributed by atoms with Gasteiger partial charge in [-0.1, -0.05) is 12.1 Å². The van der Waals surface area contributed by atoms with Crippen molar-refractivity contribution in [2.75, 3.05) is 7.05 Å². The fourth-order valence-electron chi connectivity index (χ4n) is 1.21. The Balaban J connectivity index is 3.37. The predicted octanol–water partition coefficient (Wildman–Crippen LogP) is 1.64. The quantitative estimate of drug-likeness (QED) is 0.807. The van der Waals surface area contributed by atoms with Crippen LogP contribution in [-0.4, -0.2) is 15.5 Å². The Morgan fingerprint density at radius 1 is 1.43 bits per heavy atom. The third kappa shape index (κ3) is 2.08. The van der Waals surface area contributed by atoms with Crippen LogP contribution in [0.25, 0.3) is 0 Å². The van der Waals surface area contributed by atoms with Crippen LogP contribution in [-0.2, 0) is 15.9 Å². The highest BCUT2D eigenvalue weighted by molar-refractivity contribution is 7.89. The number of hydrogen-bond donors (Lipinski definition) is 1. The van der Waals surface area contributed by atoms with Gasteiger partial charge in [0.25, 0.3) is 0 Å². The summed E-state index contributed by atoms with van der Waals surface area (Å²) in [6, 6.07) is 5.07. The van der Waals surface area contributed by atoms with Crippen LogP contribution in [0, 0.1) is 6.92 Å². The Kier molecular flexibility index (Phi) is 3.53. The van der Waals surface area contributed by atoms with Crippen molar-refractivity contribution in [1.29, 1.82) is 0 Å². The van der Waals surface area contributed by atoms with Gasteiger partial charge in [0.2, 0.25) is 10.0 Å². The van der Waals surface area contributed by atoms with E-state index in [2.05, 4.69) is 4.72 Å². The molecule has 0 aliphatic rings. The lowest BCUT2D eigenvalue weighted by molar-refractivity contribution is 0.587. The van der Waals surface area contributed by atoms with E-state index in [1.807, 2.05) is 6.07 Å². The molecule has 14 heavy (non-hydrogen) atoms. The predicted molar refractivity (Wildman–Crippen MR) is 57.0 cm³/mol. The lowest BCUT2D eigenvalue weighted by Crippen LogP contribution is -2.19. The molecule has 1 aromatic rings. The summed E-state index contributed by atoms with van der Waals surface area (Å²) in [5, 5.41) is 0. The molecule has 1 aromatic carbocycles. The maximum Gasteiger partial charge on any atom is 0.240 e. The monoisotopic (exact) mass is 233 g/mol. The highest BCUT2D eigenvalue weighted by Crippen LogP contribution is 2.19. The summed E-state index contributed by atoms with van der Waals surface area (Å²) in [4.78, 5) is 0.290. The number of halogens is 1. The van der Waals surface area contributed by atoms with Crippen molar-refractivity contribution in [2.24, 2.45) is 0 Å². The Hall–Kier alpha value is -0.580. The van der Waals surface area contributed by atoms with Crippen molar-refractivity contribution in [3.05, 3.63) is 29.3 Å². The second-order valence-electron chi connectivity index (χ2n) is 2.88. The number of rotatable bonds is 3. The van der Waals surface area contributed by atoms with Gasteiger partial charge >= 0.3 is 0 Å². The first-order chi connectivity index (χ1) is 6.53. The van der Waals surface area contributed by atoms with Crippen molar-refractivity contribution >= 4 is 21.6 Å². The lowest BCUT2D eigenvalue weighted by atomic mass is 10.1. The molecule has 1 rings (SSSR count). The first-order valence-electron chi connectivity index (χ1n) is 4.11. The molecule has 1 N–H and O–H groups in total. The molecule has 0 atom stereocenters. The number of nitrogens with one attached hydrogen (secondary N) is 1. The van der Waals surface area contributed by atoms with E-state index in [-0.39, 0.29) is 4.90 Å². The van der Waals surface area contributed by atoms with Gasteiger partial charge in [0.1, 0.15) is 0 Å². The average molecular weight is 234 g/mol. The van der Waals surface area contributed by atoms with Crippen molar-refractivity contribution in [3.63, 3.8) is 0 Å². The van der Waals surface area contributed by atoms with Crippen LogP contribution in [0.1, 0.15) is 11.1 Å². The SMILES string of the molecule is CNS(=O)(=O)c1cccc(CCl)c1C. The molecular weight excluding hydrogens is 222 g/mol. The minimum atomic E-state index is -3.37. The van der Waals surface area contributed by atoms with Crippen LogP contribution >= 0.6 is 11.6 Å². The molecule has 0 aliphatic heterocycles. The molecule has 78 valence electrons. The Morgan fingerprint density at radius 3 is 2.57 bits per heavy atom. The van der Waals surface area contributed by atoms with E-state index in [9.17, 15) is 8.42 Å². The van der Waals surface area contributed by atoms with Gasteiger partial charge in [0.05, 0.1) is 4.90 Å². The summed E-state index contributed by atoms with van der Waals surface area (Å²) in [7, 11) is -1.98. The molecule has 0 fully saturated rings. The van der Waals surface area contributed by atoms with Crippen molar-refractivity contribution < 1.29 is 8.42 Å². The van der Waals surface area contributed by atoms with Gasteiger partial charge in [0, 0.05) is 5.88 Å². The van der Waals surface area contributed by atoms with E-state index in [1.165, 1.54) is 7.05 Å². The van der Waals surface area contributed by atoms with Gasteiger partial charge < -0.3 is 0 Å². The molecule has 0 saturated heterocycles. The fraction of sp³-hybridized carbons (Fsp3) is 0.333. The van der Waals surface area contributed by atoms with Gasteiger partial charge in [-0.2, -0.15) is 0 Å². The van der Waals surface area contributed by atoms with E-state index >= 15 is 0 Å². The zero-order valence-corrected chi connectivity index (χ0v) is 9.61. The minimum Gasteiger partial charge on any atom is -0.214 e. The highest BCUT2D eigenvalue weighted by atomic mass is 35.5. The average Bonchev–Trinajstić information content (AvgIpc) is 2.18. The van der Waals surface area contributed by atoms with Crippen LogP contribution in [0.4, 0.5) is 0 Å². The molecule has 0 unspecified atom stereocenters. The lowest BCUT2D eigenvalue weighted by Gasteiger charge is -2.08. The summed E-state index contributed by atoms with van der Waals surface area (Å²) >= 11 is 5.68. The molecule has 0 saturated carbocycles. The van der Waals surface area contributed by atoms with E-state index in [0.29, 0.717) is 11.4 Å². The standard InChI is InChI=1S/C9H12ClNO2S/c1-7-8(6-10)4-3-5-9(7)14(12,13)11-2/h3-5,11H,6H2,1-2H3. The van der Waals surface area contributed by atoms with Gasteiger partial charge in [0.15, 0.2) is 0 Å². The smallest absolute Gasteiger partial charge is 0.214 e. The third-order valence-corrected chi connectivity index (χ3v) is 3.95. The van der Waals surface area contributed by atoms with E-state index in [4.69, 9.17) is 11.6 Å². The molecule has 3 nitrogen and oxygen atoms in total. The molecule has 0 spiro atoms. The van der Waals surface area contributed by atoms with Crippen molar-refractivity contribution in [1.82, 2.24) is 4.72 Å². The molecule has 0 radical (unpaired) electrons. The summed E-state index contributed by atoms with van der Waals surface area (Å²) < 4.78 is 25.4. The number of benzene rings is 1. The second kappa shape index (κ2) is 4.29. The minimum absolute atomic E-state index is 0.290. The fourth-order valence-corrected chi connectivity index (χ4v) is 2.51. The highest BCUT2D eigenvalue weighted by Gasteiger charge is 2.15. The maximum atomic E-state index is 11.5. The molecule has 0 aromatic heterocycles. The summed E-state index contributed by atoms with van der Waals surface area (Å²) in [6.07, 6.45) is 0. The maximum absolute atomic E-state index is 11.5. The molecule has 0 amide bonds. The van der Waals surface area contributed by atoms with Crippen LogP contribution < -0.4 is 4.72 Å². The number of sulfonamides is 1. The third-order valence-electron chi connectivity index (χ3n) is 2.10.